The second-order valence-corrected chi connectivity index (χ2v) is 9.88. The highest BCUT2D eigenvalue weighted by Crippen LogP contribution is 2.68. The fraction of sp³-hybridized carbons (Fsp3) is 0.857. The van der Waals surface area contributed by atoms with E-state index in [2.05, 4.69) is 13.8 Å². The number of ketones is 1. The summed E-state index contributed by atoms with van der Waals surface area (Å²) in [4.78, 5) is 12.2. The zero-order valence-electron chi connectivity index (χ0n) is 15.3. The van der Waals surface area contributed by atoms with Crippen molar-refractivity contribution in [2.24, 2.45) is 34.5 Å². The smallest absolute Gasteiger partial charge is 0.162 e. The molecular formula is C21H32O3. The zero-order chi connectivity index (χ0) is 17.3. The average molecular weight is 332 g/mol. The van der Waals surface area contributed by atoms with Crippen molar-refractivity contribution in [3.8, 4) is 0 Å². The summed E-state index contributed by atoms with van der Waals surface area (Å²) in [6, 6.07) is 0. The number of aliphatic hydroxyl groups is 2. The minimum absolute atomic E-state index is 0.0531. The predicted molar refractivity (Wildman–Crippen MR) is 93.5 cm³/mol. The van der Waals surface area contributed by atoms with Crippen LogP contribution in [0.15, 0.2) is 11.8 Å². The summed E-state index contributed by atoms with van der Waals surface area (Å²) in [6.45, 7) is 6.74. The van der Waals surface area contributed by atoms with Gasteiger partial charge in [0.2, 0.25) is 0 Å². The quantitative estimate of drug-likeness (QED) is 0.510. The van der Waals surface area contributed by atoms with Gasteiger partial charge in [0.05, 0.1) is 11.9 Å². The lowest BCUT2D eigenvalue weighted by molar-refractivity contribution is -0.147. The molecular weight excluding hydrogens is 300 g/mol. The van der Waals surface area contributed by atoms with Crippen LogP contribution in [0.4, 0.5) is 0 Å². The molecule has 4 fully saturated rings. The molecule has 3 heteroatoms. The SMILES string of the molecule is C[C@]12CC(=CO)C(=O)C[C@@H]1CC[C@@H]1[C@@H]2CC[C@@]2(C)[C@H]1CC[C@]2(C)O. The molecule has 24 heavy (non-hydrogen) atoms. The molecule has 0 aromatic rings. The molecule has 0 heterocycles. The Hall–Kier alpha value is -0.830. The molecule has 4 saturated carbocycles. The summed E-state index contributed by atoms with van der Waals surface area (Å²) < 4.78 is 0. The Morgan fingerprint density at radius 2 is 1.75 bits per heavy atom. The van der Waals surface area contributed by atoms with Gasteiger partial charge in [-0.1, -0.05) is 13.8 Å². The maximum absolute atomic E-state index is 12.2. The molecule has 0 spiro atoms. The molecule has 4 rings (SSSR count). The number of rotatable bonds is 0. The standard InChI is InChI=1S/C21H32O3/c1-19-11-13(12-22)18(23)10-14(19)4-5-15-16(19)6-8-20(2)17(15)7-9-21(20,3)24/h12,14-17,22,24H,4-11H2,1-3H3/t14-,15+,16-,17-,19-,20-,21-/m0/s1. The molecule has 0 radical (unpaired) electrons. The first-order valence-corrected chi connectivity index (χ1v) is 9.82. The predicted octanol–water partition coefficient (Wildman–Crippen LogP) is 4.40. The van der Waals surface area contributed by atoms with Gasteiger partial charge < -0.3 is 10.2 Å². The van der Waals surface area contributed by atoms with Crippen LogP contribution < -0.4 is 0 Å². The number of aliphatic hydroxyl groups excluding tert-OH is 1. The third kappa shape index (κ3) is 1.97. The van der Waals surface area contributed by atoms with Crippen molar-refractivity contribution < 1.29 is 15.0 Å². The van der Waals surface area contributed by atoms with Crippen LogP contribution in [0.3, 0.4) is 0 Å². The number of hydrogen-bond acceptors (Lipinski definition) is 3. The lowest BCUT2D eigenvalue weighted by Gasteiger charge is -2.61. The first-order valence-electron chi connectivity index (χ1n) is 9.82. The van der Waals surface area contributed by atoms with Crippen LogP contribution >= 0.6 is 0 Å². The van der Waals surface area contributed by atoms with E-state index in [0.717, 1.165) is 44.8 Å². The monoisotopic (exact) mass is 332 g/mol. The van der Waals surface area contributed by atoms with Gasteiger partial charge in [-0.05, 0) is 86.4 Å². The summed E-state index contributed by atoms with van der Waals surface area (Å²) in [5.41, 5.74) is 0.304. The molecule has 3 nitrogen and oxygen atoms in total. The van der Waals surface area contributed by atoms with Gasteiger partial charge in [0.25, 0.3) is 0 Å². The van der Waals surface area contributed by atoms with Crippen LogP contribution in [0.1, 0.15) is 72.1 Å². The van der Waals surface area contributed by atoms with Crippen molar-refractivity contribution in [3.63, 3.8) is 0 Å². The first kappa shape index (κ1) is 16.6. The first-order chi connectivity index (χ1) is 11.2. The summed E-state index contributed by atoms with van der Waals surface area (Å²) in [6.07, 6.45) is 9.11. The Labute approximate surface area is 145 Å². The largest absolute Gasteiger partial charge is 0.515 e. The molecule has 0 amide bonds. The van der Waals surface area contributed by atoms with Crippen molar-refractivity contribution in [2.75, 3.05) is 0 Å². The highest BCUT2D eigenvalue weighted by Gasteiger charge is 2.63. The minimum Gasteiger partial charge on any atom is -0.515 e. The molecule has 0 saturated heterocycles. The van der Waals surface area contributed by atoms with E-state index in [-0.39, 0.29) is 16.6 Å². The van der Waals surface area contributed by atoms with Crippen LogP contribution in [0.2, 0.25) is 0 Å². The summed E-state index contributed by atoms with van der Waals surface area (Å²) in [5, 5.41) is 20.5. The van der Waals surface area contributed by atoms with Crippen LogP contribution in [0, 0.1) is 34.5 Å². The number of carbonyl (C=O) groups is 1. The van der Waals surface area contributed by atoms with Crippen LogP contribution in [-0.4, -0.2) is 21.6 Å². The molecule has 4 aliphatic rings. The average Bonchev–Trinajstić information content (AvgIpc) is 2.77. The fourth-order valence-corrected chi connectivity index (χ4v) is 7.37. The van der Waals surface area contributed by atoms with E-state index >= 15 is 0 Å². The molecule has 0 unspecified atom stereocenters. The van der Waals surface area contributed by atoms with Gasteiger partial charge in [-0.2, -0.15) is 0 Å². The maximum atomic E-state index is 12.2. The van der Waals surface area contributed by atoms with Gasteiger partial charge in [0.15, 0.2) is 5.78 Å². The Bertz CT molecular complexity index is 592. The fourth-order valence-electron chi connectivity index (χ4n) is 7.37. The van der Waals surface area contributed by atoms with Gasteiger partial charge in [-0.15, -0.1) is 0 Å². The second-order valence-electron chi connectivity index (χ2n) is 9.88. The van der Waals surface area contributed by atoms with Gasteiger partial charge >= 0.3 is 0 Å². The topological polar surface area (TPSA) is 57.5 Å². The van der Waals surface area contributed by atoms with Crippen LogP contribution in [-0.2, 0) is 4.79 Å². The maximum Gasteiger partial charge on any atom is 0.162 e. The lowest BCUT2D eigenvalue weighted by Crippen LogP contribution is -2.56. The summed E-state index contributed by atoms with van der Waals surface area (Å²) in [5.74, 6) is 2.55. The summed E-state index contributed by atoms with van der Waals surface area (Å²) >= 11 is 0. The highest BCUT2D eigenvalue weighted by atomic mass is 16.3. The van der Waals surface area contributed by atoms with Gasteiger partial charge in [0, 0.05) is 12.0 Å². The summed E-state index contributed by atoms with van der Waals surface area (Å²) in [7, 11) is 0. The minimum atomic E-state index is -0.529. The van der Waals surface area contributed by atoms with Gasteiger partial charge in [-0.25, -0.2) is 0 Å². The van der Waals surface area contributed by atoms with Crippen molar-refractivity contribution in [2.45, 2.75) is 77.7 Å². The number of hydrogen-bond donors (Lipinski definition) is 2. The molecule has 0 bridgehead atoms. The normalized spacial score (nSPS) is 55.8. The molecule has 7 atom stereocenters. The second kappa shape index (κ2) is 5.09. The van der Waals surface area contributed by atoms with E-state index in [4.69, 9.17) is 0 Å². The Kier molecular flexibility index (Phi) is 3.53. The third-order valence-corrected chi connectivity index (χ3v) is 9.14. The Balaban J connectivity index is 1.67. The van der Waals surface area contributed by atoms with E-state index in [9.17, 15) is 15.0 Å². The highest BCUT2D eigenvalue weighted by molar-refractivity contribution is 5.96. The van der Waals surface area contributed by atoms with Crippen LogP contribution in [0.25, 0.3) is 0 Å². The van der Waals surface area contributed by atoms with E-state index in [1.165, 1.54) is 6.42 Å². The molecule has 0 aromatic carbocycles. The van der Waals surface area contributed by atoms with Crippen molar-refractivity contribution in [3.05, 3.63) is 11.8 Å². The Morgan fingerprint density at radius 1 is 1.04 bits per heavy atom. The van der Waals surface area contributed by atoms with E-state index in [0.29, 0.717) is 35.7 Å². The number of allylic oxidation sites excluding steroid dienone is 1. The number of Topliss-reactive ketones (excluding diaryl/α,β-unsaturated/α-hetero) is 1. The number of carbonyl (C=O) groups excluding carboxylic acids is 1. The van der Waals surface area contributed by atoms with E-state index in [1.807, 2.05) is 6.92 Å². The van der Waals surface area contributed by atoms with Crippen molar-refractivity contribution in [1.29, 1.82) is 0 Å². The Morgan fingerprint density at radius 3 is 2.46 bits per heavy atom. The molecule has 0 aliphatic heterocycles. The molecule has 0 aromatic heterocycles. The third-order valence-electron chi connectivity index (χ3n) is 9.14. The lowest BCUT2D eigenvalue weighted by atomic mass is 9.44. The molecule has 2 N–H and O–H groups in total. The zero-order valence-corrected chi connectivity index (χ0v) is 15.3. The van der Waals surface area contributed by atoms with Gasteiger partial charge in [0.1, 0.15) is 0 Å². The van der Waals surface area contributed by atoms with Crippen molar-refractivity contribution >= 4 is 5.78 Å². The van der Waals surface area contributed by atoms with Gasteiger partial charge in [-0.3, -0.25) is 4.79 Å². The van der Waals surface area contributed by atoms with Crippen molar-refractivity contribution in [1.82, 2.24) is 0 Å². The molecule has 4 aliphatic carbocycles. The number of fused-ring (bicyclic) bond motifs is 5. The molecule has 134 valence electrons. The van der Waals surface area contributed by atoms with E-state index in [1.54, 1.807) is 0 Å². The van der Waals surface area contributed by atoms with E-state index < -0.39 is 5.60 Å². The van der Waals surface area contributed by atoms with Crippen LogP contribution in [0.5, 0.6) is 0 Å².